The molecule has 2 nitrogen and oxygen atoms in total. The van der Waals surface area contributed by atoms with Gasteiger partial charge < -0.3 is 0 Å². The number of hydrogen-bond acceptors (Lipinski definition) is 2. The maximum Gasteiger partial charge on any atom is 0.101 e. The summed E-state index contributed by atoms with van der Waals surface area (Å²) in [6, 6.07) is 2.30. The van der Waals surface area contributed by atoms with E-state index in [0.29, 0.717) is 0 Å². The molecule has 0 unspecified atom stereocenters. The number of nitrogens with zero attached hydrogens (tertiary/aromatic N) is 2. The van der Waals surface area contributed by atoms with Crippen molar-refractivity contribution in [1.29, 1.82) is 5.26 Å². The second-order valence-corrected chi connectivity index (χ2v) is 4.65. The van der Waals surface area contributed by atoms with Gasteiger partial charge in [-0.1, -0.05) is 26.3 Å². The molecule has 0 amide bonds. The molecule has 0 aliphatic rings. The molecule has 0 spiro atoms. The Bertz CT molecular complexity index is 505. The van der Waals surface area contributed by atoms with Crippen molar-refractivity contribution in [2.75, 3.05) is 0 Å². The quantitative estimate of drug-likeness (QED) is 0.787. The molecule has 0 saturated heterocycles. The summed E-state index contributed by atoms with van der Waals surface area (Å²) in [5, 5.41) is 9.29. The number of hydrogen-bond donors (Lipinski definition) is 0. The first-order valence-corrected chi connectivity index (χ1v) is 6.64. The third kappa shape index (κ3) is 2.79. The maximum atomic E-state index is 9.29. The zero-order chi connectivity index (χ0) is 13.7. The lowest BCUT2D eigenvalue weighted by atomic mass is 9.92. The number of allylic oxidation sites excluding steroid dienone is 2. The van der Waals surface area contributed by atoms with Crippen molar-refractivity contribution in [1.82, 2.24) is 4.98 Å². The van der Waals surface area contributed by atoms with Crippen molar-refractivity contribution in [3.63, 3.8) is 0 Å². The van der Waals surface area contributed by atoms with Crippen LogP contribution in [0.25, 0.3) is 5.57 Å². The molecule has 2 heteroatoms. The van der Waals surface area contributed by atoms with E-state index in [4.69, 9.17) is 0 Å². The van der Waals surface area contributed by atoms with Gasteiger partial charge >= 0.3 is 0 Å². The summed E-state index contributed by atoms with van der Waals surface area (Å²) in [5.74, 6) is 0. The smallest absolute Gasteiger partial charge is 0.101 e. The van der Waals surface area contributed by atoms with Crippen molar-refractivity contribution in [2.45, 2.75) is 53.9 Å². The summed E-state index contributed by atoms with van der Waals surface area (Å²) in [5.41, 5.74) is 6.20. The molecule has 0 radical (unpaired) electrons. The number of nitriles is 1. The van der Waals surface area contributed by atoms with Gasteiger partial charge in [-0.05, 0) is 44.7 Å². The second kappa shape index (κ2) is 6.35. The van der Waals surface area contributed by atoms with Crippen LogP contribution in [0.2, 0.25) is 0 Å². The molecule has 0 aliphatic heterocycles. The standard InChI is InChI=1S/C16H22N2/c1-6-8-9-11(3)16-13(5)18-12(4)15(10-17)14(16)7-2/h9H,6-8H2,1-5H3. The lowest BCUT2D eigenvalue weighted by molar-refractivity contribution is 0.956. The summed E-state index contributed by atoms with van der Waals surface area (Å²) in [7, 11) is 0. The Labute approximate surface area is 110 Å². The monoisotopic (exact) mass is 242 g/mol. The fourth-order valence-electron chi connectivity index (χ4n) is 2.41. The predicted octanol–water partition coefficient (Wildman–Crippen LogP) is 4.34. The highest BCUT2D eigenvalue weighted by Crippen LogP contribution is 2.27. The van der Waals surface area contributed by atoms with E-state index in [-0.39, 0.29) is 0 Å². The summed E-state index contributed by atoms with van der Waals surface area (Å²) in [6.07, 6.45) is 5.34. The largest absolute Gasteiger partial charge is 0.256 e. The molecule has 0 N–H and O–H groups in total. The van der Waals surface area contributed by atoms with Crippen LogP contribution in [0.3, 0.4) is 0 Å². The van der Waals surface area contributed by atoms with E-state index in [1.54, 1.807) is 0 Å². The minimum absolute atomic E-state index is 0.752. The molecule has 96 valence electrons. The van der Waals surface area contributed by atoms with Crippen molar-refractivity contribution >= 4 is 5.57 Å². The molecule has 0 bridgehead atoms. The Morgan fingerprint density at radius 2 is 1.94 bits per heavy atom. The molecule has 0 saturated carbocycles. The van der Waals surface area contributed by atoms with Crippen LogP contribution >= 0.6 is 0 Å². The first-order chi connectivity index (χ1) is 8.56. The van der Waals surface area contributed by atoms with E-state index in [1.807, 2.05) is 13.8 Å². The topological polar surface area (TPSA) is 36.7 Å². The highest BCUT2D eigenvalue weighted by atomic mass is 14.7. The van der Waals surface area contributed by atoms with Crippen LogP contribution < -0.4 is 0 Å². The summed E-state index contributed by atoms with van der Waals surface area (Å²) < 4.78 is 0. The number of aryl methyl sites for hydroxylation is 2. The fraction of sp³-hybridized carbons (Fsp3) is 0.500. The van der Waals surface area contributed by atoms with E-state index >= 15 is 0 Å². The highest BCUT2D eigenvalue weighted by molar-refractivity contribution is 5.71. The number of unbranched alkanes of at least 4 members (excludes halogenated alkanes) is 1. The Morgan fingerprint density at radius 3 is 2.44 bits per heavy atom. The van der Waals surface area contributed by atoms with E-state index in [1.165, 1.54) is 11.1 Å². The van der Waals surface area contributed by atoms with E-state index < -0.39 is 0 Å². The van der Waals surface area contributed by atoms with Crippen molar-refractivity contribution < 1.29 is 0 Å². The van der Waals surface area contributed by atoms with Crippen LogP contribution in [0.15, 0.2) is 6.08 Å². The van der Waals surface area contributed by atoms with E-state index in [2.05, 4.69) is 37.9 Å². The van der Waals surface area contributed by atoms with Crippen molar-refractivity contribution in [2.24, 2.45) is 0 Å². The van der Waals surface area contributed by atoms with Crippen LogP contribution in [0, 0.1) is 25.2 Å². The molecule has 0 aromatic carbocycles. The third-order valence-electron chi connectivity index (χ3n) is 3.26. The first kappa shape index (κ1) is 14.4. The zero-order valence-corrected chi connectivity index (χ0v) is 12.1. The van der Waals surface area contributed by atoms with Gasteiger partial charge in [-0.25, -0.2) is 0 Å². The lowest BCUT2D eigenvalue weighted by Crippen LogP contribution is -2.04. The third-order valence-corrected chi connectivity index (χ3v) is 3.26. The molecule has 1 rings (SSSR count). The molecule has 0 atom stereocenters. The van der Waals surface area contributed by atoms with E-state index in [9.17, 15) is 5.26 Å². The molecule has 1 heterocycles. The summed E-state index contributed by atoms with van der Waals surface area (Å²) in [4.78, 5) is 4.52. The van der Waals surface area contributed by atoms with Gasteiger partial charge in [0.05, 0.1) is 11.3 Å². The Hall–Kier alpha value is -1.62. The predicted molar refractivity (Wildman–Crippen MR) is 76.4 cm³/mol. The zero-order valence-electron chi connectivity index (χ0n) is 12.1. The van der Waals surface area contributed by atoms with Gasteiger partial charge in [-0.3, -0.25) is 4.98 Å². The average Bonchev–Trinajstić information content (AvgIpc) is 2.34. The minimum atomic E-state index is 0.752. The molecule has 18 heavy (non-hydrogen) atoms. The Morgan fingerprint density at radius 1 is 1.28 bits per heavy atom. The fourth-order valence-corrected chi connectivity index (χ4v) is 2.41. The number of aromatic nitrogens is 1. The summed E-state index contributed by atoms with van der Waals surface area (Å²) in [6.45, 7) is 10.3. The Balaban J connectivity index is 3.48. The molecule has 1 aromatic heterocycles. The maximum absolute atomic E-state index is 9.29. The van der Waals surface area contributed by atoms with Gasteiger partial charge in [0, 0.05) is 11.3 Å². The van der Waals surface area contributed by atoms with Crippen LogP contribution in [-0.4, -0.2) is 4.98 Å². The van der Waals surface area contributed by atoms with Gasteiger partial charge in [0.2, 0.25) is 0 Å². The van der Waals surface area contributed by atoms with Gasteiger partial charge in [0.15, 0.2) is 0 Å². The highest BCUT2D eigenvalue weighted by Gasteiger charge is 2.15. The number of pyridine rings is 1. The molecule has 0 aliphatic carbocycles. The van der Waals surface area contributed by atoms with Gasteiger partial charge in [0.25, 0.3) is 0 Å². The average molecular weight is 242 g/mol. The second-order valence-electron chi connectivity index (χ2n) is 4.65. The molecule has 0 fully saturated rings. The lowest BCUT2D eigenvalue weighted by Gasteiger charge is -2.15. The Kier molecular flexibility index (Phi) is 5.09. The summed E-state index contributed by atoms with van der Waals surface area (Å²) >= 11 is 0. The van der Waals surface area contributed by atoms with Crippen LogP contribution in [0.1, 0.15) is 61.7 Å². The van der Waals surface area contributed by atoms with Crippen LogP contribution in [0.4, 0.5) is 0 Å². The van der Waals surface area contributed by atoms with Gasteiger partial charge in [-0.15, -0.1) is 0 Å². The molecular weight excluding hydrogens is 220 g/mol. The molecule has 1 aromatic rings. The normalized spacial score (nSPS) is 11.4. The van der Waals surface area contributed by atoms with Crippen LogP contribution in [0.5, 0.6) is 0 Å². The van der Waals surface area contributed by atoms with Crippen molar-refractivity contribution in [3.05, 3.63) is 34.2 Å². The number of rotatable bonds is 4. The molecular formula is C16H22N2. The van der Waals surface area contributed by atoms with Gasteiger partial charge in [-0.2, -0.15) is 5.26 Å². The van der Waals surface area contributed by atoms with Gasteiger partial charge in [0.1, 0.15) is 6.07 Å². The van der Waals surface area contributed by atoms with Crippen LogP contribution in [-0.2, 0) is 6.42 Å². The minimum Gasteiger partial charge on any atom is -0.256 e. The van der Waals surface area contributed by atoms with Crippen molar-refractivity contribution in [3.8, 4) is 6.07 Å². The van der Waals surface area contributed by atoms with E-state index in [0.717, 1.165) is 41.8 Å². The SMILES string of the molecule is CCCC=C(C)c1c(C)nc(C)c(C#N)c1CC. The first-order valence-electron chi connectivity index (χ1n) is 6.64.